The van der Waals surface area contributed by atoms with Gasteiger partial charge in [0.05, 0.1) is 12.6 Å². The minimum absolute atomic E-state index is 0.0707. The number of amides is 3. The van der Waals surface area contributed by atoms with Crippen LogP contribution in [0.2, 0.25) is 0 Å². The van der Waals surface area contributed by atoms with Crippen LogP contribution in [0.1, 0.15) is 38.0 Å². The molecule has 5 nitrogen and oxygen atoms in total. The van der Waals surface area contributed by atoms with Crippen LogP contribution in [-0.4, -0.2) is 34.0 Å². The quantitative estimate of drug-likeness (QED) is 0.837. The summed E-state index contributed by atoms with van der Waals surface area (Å²) in [5, 5.41) is 13.0. The Morgan fingerprint density at radius 1 is 1.36 bits per heavy atom. The molecular weight excluding hydrogens is 287 g/mol. The summed E-state index contributed by atoms with van der Waals surface area (Å²) in [4.78, 5) is 25.5. The fourth-order valence-electron chi connectivity index (χ4n) is 2.56. The van der Waals surface area contributed by atoms with Crippen molar-refractivity contribution in [2.45, 2.75) is 39.3 Å². The standard InChI is InChI=1S/C16H21FN2O3/c1-9(2)16(4)14(21)19(15(22)18-16)8-13(20)12-6-5-11(17)7-10(12)3/h5-7,9,13,20H,8H2,1-4H3,(H,18,22). The van der Waals surface area contributed by atoms with E-state index >= 15 is 0 Å². The van der Waals surface area contributed by atoms with Crippen molar-refractivity contribution in [3.63, 3.8) is 0 Å². The number of hydrogen-bond acceptors (Lipinski definition) is 3. The monoisotopic (exact) mass is 308 g/mol. The average Bonchev–Trinajstić information content (AvgIpc) is 2.63. The van der Waals surface area contributed by atoms with E-state index in [1.165, 1.54) is 18.2 Å². The lowest BCUT2D eigenvalue weighted by Gasteiger charge is -2.26. The number of benzene rings is 1. The molecule has 1 aromatic rings. The van der Waals surface area contributed by atoms with Crippen molar-refractivity contribution in [3.8, 4) is 0 Å². The van der Waals surface area contributed by atoms with Crippen LogP contribution in [-0.2, 0) is 4.79 Å². The van der Waals surface area contributed by atoms with Gasteiger partial charge in [-0.15, -0.1) is 0 Å². The maximum Gasteiger partial charge on any atom is 0.325 e. The van der Waals surface area contributed by atoms with Gasteiger partial charge in [-0.05, 0) is 43.0 Å². The second-order valence-electron chi connectivity index (χ2n) is 6.22. The number of aliphatic hydroxyl groups is 1. The molecule has 22 heavy (non-hydrogen) atoms. The minimum atomic E-state index is -1.05. The number of nitrogens with one attached hydrogen (secondary N) is 1. The predicted octanol–water partition coefficient (Wildman–Crippen LogP) is 2.13. The van der Waals surface area contributed by atoms with E-state index in [4.69, 9.17) is 0 Å². The number of aryl methyl sites for hydroxylation is 1. The van der Waals surface area contributed by atoms with E-state index in [1.807, 2.05) is 13.8 Å². The Labute approximate surface area is 129 Å². The smallest absolute Gasteiger partial charge is 0.325 e. The van der Waals surface area contributed by atoms with Gasteiger partial charge in [0, 0.05) is 0 Å². The summed E-state index contributed by atoms with van der Waals surface area (Å²) < 4.78 is 13.1. The molecule has 2 rings (SSSR count). The highest BCUT2D eigenvalue weighted by Gasteiger charge is 2.50. The molecule has 120 valence electrons. The zero-order chi connectivity index (χ0) is 16.7. The number of urea groups is 1. The van der Waals surface area contributed by atoms with Gasteiger partial charge in [-0.3, -0.25) is 9.69 Å². The van der Waals surface area contributed by atoms with E-state index in [-0.39, 0.29) is 18.4 Å². The van der Waals surface area contributed by atoms with Gasteiger partial charge in [0.25, 0.3) is 5.91 Å². The summed E-state index contributed by atoms with van der Waals surface area (Å²) in [6.45, 7) is 6.89. The van der Waals surface area contributed by atoms with Crippen LogP contribution in [0.4, 0.5) is 9.18 Å². The number of imide groups is 1. The van der Waals surface area contributed by atoms with Crippen molar-refractivity contribution in [1.82, 2.24) is 10.2 Å². The molecule has 1 heterocycles. The van der Waals surface area contributed by atoms with Crippen molar-refractivity contribution in [2.75, 3.05) is 6.54 Å². The zero-order valence-electron chi connectivity index (χ0n) is 13.2. The first-order valence-electron chi connectivity index (χ1n) is 7.25. The summed E-state index contributed by atoms with van der Waals surface area (Å²) in [5.74, 6) is -0.819. The van der Waals surface area contributed by atoms with Crippen molar-refractivity contribution in [3.05, 3.63) is 35.1 Å². The number of carbonyl (C=O) groups is 2. The SMILES string of the molecule is Cc1cc(F)ccc1C(O)CN1C(=O)NC(C)(C(C)C)C1=O. The summed E-state index contributed by atoms with van der Waals surface area (Å²) in [6, 6.07) is 3.51. The lowest BCUT2D eigenvalue weighted by atomic mass is 9.88. The van der Waals surface area contributed by atoms with E-state index in [9.17, 15) is 19.1 Å². The number of hydrogen-bond donors (Lipinski definition) is 2. The van der Waals surface area contributed by atoms with Crippen LogP contribution in [0.3, 0.4) is 0 Å². The summed E-state index contributed by atoms with van der Waals surface area (Å²) >= 11 is 0. The van der Waals surface area contributed by atoms with Gasteiger partial charge < -0.3 is 10.4 Å². The molecule has 2 N–H and O–H groups in total. The Balaban J connectivity index is 2.20. The molecule has 0 saturated carbocycles. The second-order valence-corrected chi connectivity index (χ2v) is 6.22. The van der Waals surface area contributed by atoms with Crippen LogP contribution in [0.25, 0.3) is 0 Å². The highest BCUT2D eigenvalue weighted by Crippen LogP contribution is 2.28. The molecular formula is C16H21FN2O3. The Kier molecular flexibility index (Phi) is 4.24. The van der Waals surface area contributed by atoms with Crippen LogP contribution in [0.5, 0.6) is 0 Å². The third-order valence-corrected chi connectivity index (χ3v) is 4.40. The topological polar surface area (TPSA) is 69.6 Å². The Hall–Kier alpha value is -1.95. The van der Waals surface area contributed by atoms with Crippen LogP contribution >= 0.6 is 0 Å². The molecule has 1 saturated heterocycles. The molecule has 3 amide bonds. The summed E-state index contributed by atoms with van der Waals surface area (Å²) in [7, 11) is 0. The highest BCUT2D eigenvalue weighted by atomic mass is 19.1. The van der Waals surface area contributed by atoms with E-state index in [2.05, 4.69) is 5.32 Å². The number of halogens is 1. The summed E-state index contributed by atoms with van der Waals surface area (Å²) in [5.41, 5.74) is 0.112. The highest BCUT2D eigenvalue weighted by molar-refractivity contribution is 6.07. The van der Waals surface area contributed by atoms with Crippen LogP contribution < -0.4 is 5.32 Å². The van der Waals surface area contributed by atoms with Crippen molar-refractivity contribution >= 4 is 11.9 Å². The molecule has 0 spiro atoms. The molecule has 0 radical (unpaired) electrons. The fraction of sp³-hybridized carbons (Fsp3) is 0.500. The molecule has 6 heteroatoms. The van der Waals surface area contributed by atoms with Crippen molar-refractivity contribution in [1.29, 1.82) is 0 Å². The number of carbonyl (C=O) groups excluding carboxylic acids is 2. The lowest BCUT2D eigenvalue weighted by molar-refractivity contribution is -0.133. The molecule has 1 fully saturated rings. The number of rotatable bonds is 4. The van der Waals surface area contributed by atoms with E-state index in [0.717, 1.165) is 4.90 Å². The maximum atomic E-state index is 13.1. The Morgan fingerprint density at radius 3 is 2.50 bits per heavy atom. The van der Waals surface area contributed by atoms with Gasteiger partial charge in [-0.2, -0.15) is 0 Å². The normalized spacial score (nSPS) is 23.1. The second kappa shape index (κ2) is 5.68. The first-order chi connectivity index (χ1) is 10.2. The van der Waals surface area contributed by atoms with E-state index in [1.54, 1.807) is 13.8 Å². The largest absolute Gasteiger partial charge is 0.387 e. The van der Waals surface area contributed by atoms with Gasteiger partial charge in [-0.1, -0.05) is 19.9 Å². The Bertz CT molecular complexity index is 617. The molecule has 2 unspecified atom stereocenters. The molecule has 0 aromatic heterocycles. The third kappa shape index (κ3) is 2.70. The van der Waals surface area contributed by atoms with Crippen molar-refractivity contribution in [2.24, 2.45) is 5.92 Å². The van der Waals surface area contributed by atoms with Gasteiger partial charge >= 0.3 is 6.03 Å². The molecule has 0 aliphatic carbocycles. The third-order valence-electron chi connectivity index (χ3n) is 4.40. The van der Waals surface area contributed by atoms with Gasteiger partial charge in [0.15, 0.2) is 0 Å². The van der Waals surface area contributed by atoms with Gasteiger partial charge in [0.2, 0.25) is 0 Å². The Morgan fingerprint density at radius 2 is 2.00 bits per heavy atom. The maximum absolute atomic E-state index is 13.1. The molecule has 1 aliphatic rings. The van der Waals surface area contributed by atoms with Crippen LogP contribution in [0, 0.1) is 18.7 Å². The van der Waals surface area contributed by atoms with Gasteiger partial charge in [0.1, 0.15) is 11.4 Å². The first-order valence-corrected chi connectivity index (χ1v) is 7.25. The molecule has 1 aliphatic heterocycles. The molecule has 0 bridgehead atoms. The fourth-order valence-corrected chi connectivity index (χ4v) is 2.56. The molecule has 2 atom stereocenters. The van der Waals surface area contributed by atoms with E-state index in [0.29, 0.717) is 11.1 Å². The van der Waals surface area contributed by atoms with E-state index < -0.39 is 23.5 Å². The average molecular weight is 308 g/mol. The van der Waals surface area contributed by atoms with Gasteiger partial charge in [-0.25, -0.2) is 9.18 Å². The number of aliphatic hydroxyl groups excluding tert-OH is 1. The zero-order valence-corrected chi connectivity index (χ0v) is 13.2. The molecule has 1 aromatic carbocycles. The first kappa shape index (κ1) is 16.4. The number of nitrogens with zero attached hydrogens (tertiary/aromatic N) is 1. The number of β-amino-alcohol motifs (C(OH)–C–C–N with tert-alkyl or cyclic N) is 1. The minimum Gasteiger partial charge on any atom is -0.387 e. The lowest BCUT2D eigenvalue weighted by Crippen LogP contribution is -2.48. The van der Waals surface area contributed by atoms with Crippen LogP contribution in [0.15, 0.2) is 18.2 Å². The predicted molar refractivity (Wildman–Crippen MR) is 79.6 cm³/mol. The summed E-state index contributed by atoms with van der Waals surface area (Å²) in [6.07, 6.45) is -1.05. The van der Waals surface area contributed by atoms with Crippen molar-refractivity contribution < 1.29 is 19.1 Å².